The Morgan fingerprint density at radius 3 is 2.11 bits per heavy atom. The fourth-order valence-electron chi connectivity index (χ4n) is 2.84. The van der Waals surface area contributed by atoms with Crippen LogP contribution >= 0.6 is 0 Å². The third-order valence-electron chi connectivity index (χ3n) is 4.32. The van der Waals surface area contributed by atoms with Crippen LogP contribution in [0, 0.1) is 0 Å². The van der Waals surface area contributed by atoms with E-state index in [4.69, 9.17) is 4.74 Å². The van der Waals surface area contributed by atoms with Crippen LogP contribution in [-0.4, -0.2) is 33.9 Å². The molecule has 0 aliphatic carbocycles. The zero-order valence-corrected chi connectivity index (χ0v) is 15.7. The SMILES string of the molecule is COc1ccc(CCNS(=O)(=O)c2ccc(N3C(=O)CCC3=O)cc2)cc1. The van der Waals surface area contributed by atoms with Crippen molar-refractivity contribution < 1.29 is 22.7 Å². The van der Waals surface area contributed by atoms with Crippen molar-refractivity contribution in [1.82, 2.24) is 4.72 Å². The van der Waals surface area contributed by atoms with Crippen molar-refractivity contribution in [2.75, 3.05) is 18.6 Å². The number of amides is 2. The molecule has 0 spiro atoms. The number of nitrogens with one attached hydrogen (secondary N) is 1. The van der Waals surface area contributed by atoms with Gasteiger partial charge in [-0.25, -0.2) is 13.1 Å². The van der Waals surface area contributed by atoms with Crippen LogP contribution in [0.5, 0.6) is 5.75 Å². The first kappa shape index (κ1) is 19.1. The van der Waals surface area contributed by atoms with Gasteiger partial charge < -0.3 is 4.74 Å². The predicted octanol–water partition coefficient (Wildman–Crippen LogP) is 1.87. The first-order valence-electron chi connectivity index (χ1n) is 8.49. The Hall–Kier alpha value is -2.71. The number of ether oxygens (including phenoxy) is 1. The Morgan fingerprint density at radius 2 is 1.56 bits per heavy atom. The van der Waals surface area contributed by atoms with Crippen LogP contribution < -0.4 is 14.4 Å². The van der Waals surface area contributed by atoms with Crippen molar-refractivity contribution in [2.45, 2.75) is 24.2 Å². The molecule has 2 aromatic rings. The van der Waals surface area contributed by atoms with Gasteiger partial charge in [0, 0.05) is 19.4 Å². The van der Waals surface area contributed by atoms with Crippen LogP contribution in [-0.2, 0) is 26.0 Å². The summed E-state index contributed by atoms with van der Waals surface area (Å²) in [7, 11) is -2.09. The molecule has 8 heteroatoms. The molecule has 1 aliphatic rings. The molecular weight excluding hydrogens is 368 g/mol. The van der Waals surface area contributed by atoms with Gasteiger partial charge in [-0.1, -0.05) is 12.1 Å². The Balaban J connectivity index is 1.62. The molecule has 7 nitrogen and oxygen atoms in total. The van der Waals surface area contributed by atoms with Gasteiger partial charge in [-0.2, -0.15) is 0 Å². The molecule has 142 valence electrons. The lowest BCUT2D eigenvalue weighted by Gasteiger charge is -2.14. The van der Waals surface area contributed by atoms with Crippen molar-refractivity contribution >= 4 is 27.5 Å². The molecule has 27 heavy (non-hydrogen) atoms. The minimum Gasteiger partial charge on any atom is -0.497 e. The van der Waals surface area contributed by atoms with Crippen molar-refractivity contribution in [3.63, 3.8) is 0 Å². The summed E-state index contributed by atoms with van der Waals surface area (Å²) in [6.45, 7) is 0.250. The summed E-state index contributed by atoms with van der Waals surface area (Å²) in [6.07, 6.45) is 0.912. The highest BCUT2D eigenvalue weighted by Crippen LogP contribution is 2.24. The van der Waals surface area contributed by atoms with Gasteiger partial charge in [0.1, 0.15) is 5.75 Å². The van der Waals surface area contributed by atoms with Gasteiger partial charge in [0.05, 0.1) is 17.7 Å². The van der Waals surface area contributed by atoms with Crippen molar-refractivity contribution in [2.24, 2.45) is 0 Å². The molecule has 1 N–H and O–H groups in total. The lowest BCUT2D eigenvalue weighted by Crippen LogP contribution is -2.29. The van der Waals surface area contributed by atoms with Crippen LogP contribution in [0.25, 0.3) is 0 Å². The Morgan fingerprint density at radius 1 is 0.963 bits per heavy atom. The number of sulfonamides is 1. The van der Waals surface area contributed by atoms with E-state index >= 15 is 0 Å². The van der Waals surface area contributed by atoms with E-state index in [9.17, 15) is 18.0 Å². The molecule has 0 unspecified atom stereocenters. The fourth-order valence-corrected chi connectivity index (χ4v) is 3.88. The molecule has 1 aliphatic heterocycles. The van der Waals surface area contributed by atoms with Crippen LogP contribution in [0.2, 0.25) is 0 Å². The number of carbonyl (C=O) groups is 2. The van der Waals surface area contributed by atoms with E-state index in [0.29, 0.717) is 12.1 Å². The van der Waals surface area contributed by atoms with Crippen molar-refractivity contribution in [1.29, 1.82) is 0 Å². The van der Waals surface area contributed by atoms with E-state index in [-0.39, 0.29) is 36.1 Å². The fraction of sp³-hybridized carbons (Fsp3) is 0.263. The highest BCUT2D eigenvalue weighted by atomic mass is 32.2. The van der Waals surface area contributed by atoms with Gasteiger partial charge in [-0.3, -0.25) is 14.5 Å². The minimum absolute atomic E-state index is 0.0834. The average molecular weight is 388 g/mol. The Labute approximate surface area is 158 Å². The molecule has 0 radical (unpaired) electrons. The maximum Gasteiger partial charge on any atom is 0.240 e. The van der Waals surface area contributed by atoms with Gasteiger partial charge in [-0.15, -0.1) is 0 Å². The monoisotopic (exact) mass is 388 g/mol. The van der Waals surface area contributed by atoms with Gasteiger partial charge in [-0.05, 0) is 48.4 Å². The molecule has 0 atom stereocenters. The molecule has 3 rings (SSSR count). The van der Waals surface area contributed by atoms with Gasteiger partial charge in [0.25, 0.3) is 0 Å². The largest absolute Gasteiger partial charge is 0.497 e. The third-order valence-corrected chi connectivity index (χ3v) is 5.80. The van der Waals surface area contributed by atoms with Crippen LogP contribution in [0.15, 0.2) is 53.4 Å². The lowest BCUT2D eigenvalue weighted by atomic mass is 10.1. The maximum atomic E-state index is 12.4. The summed E-state index contributed by atoms with van der Waals surface area (Å²) in [5, 5.41) is 0. The standard InChI is InChI=1S/C19H20N2O5S/c1-26-16-6-2-14(3-7-16)12-13-20-27(24,25)17-8-4-15(5-9-17)21-18(22)10-11-19(21)23/h2-9,20H,10-13H2,1H3. The van der Waals surface area contributed by atoms with E-state index in [1.807, 2.05) is 24.3 Å². The molecule has 0 bridgehead atoms. The molecule has 1 saturated heterocycles. The predicted molar refractivity (Wildman–Crippen MR) is 100 cm³/mol. The topological polar surface area (TPSA) is 92.8 Å². The minimum atomic E-state index is -3.67. The summed E-state index contributed by atoms with van der Waals surface area (Å²) in [4.78, 5) is 24.7. The Bertz CT molecular complexity index is 921. The maximum absolute atomic E-state index is 12.4. The summed E-state index contributed by atoms with van der Waals surface area (Å²) >= 11 is 0. The molecule has 0 saturated carbocycles. The van der Waals surface area contributed by atoms with E-state index in [1.54, 1.807) is 7.11 Å². The number of methoxy groups -OCH3 is 1. The second kappa shape index (κ2) is 7.89. The van der Waals surface area contributed by atoms with Gasteiger partial charge in [0.2, 0.25) is 21.8 Å². The van der Waals surface area contributed by atoms with E-state index in [2.05, 4.69) is 4.72 Å². The van der Waals surface area contributed by atoms with Crippen LogP contribution in [0.4, 0.5) is 5.69 Å². The number of imide groups is 1. The average Bonchev–Trinajstić information content (AvgIpc) is 3.00. The second-order valence-corrected chi connectivity index (χ2v) is 7.88. The third kappa shape index (κ3) is 4.35. The molecule has 0 aromatic heterocycles. The molecule has 1 fully saturated rings. The summed E-state index contributed by atoms with van der Waals surface area (Å²) < 4.78 is 32.5. The number of hydrogen-bond acceptors (Lipinski definition) is 5. The number of carbonyl (C=O) groups excluding carboxylic acids is 2. The van der Waals surface area contributed by atoms with Crippen molar-refractivity contribution in [3.8, 4) is 5.75 Å². The summed E-state index contributed by atoms with van der Waals surface area (Å²) in [5.41, 5.74) is 1.37. The zero-order chi connectivity index (χ0) is 19.4. The van der Waals surface area contributed by atoms with Crippen LogP contribution in [0.1, 0.15) is 18.4 Å². The van der Waals surface area contributed by atoms with Crippen molar-refractivity contribution in [3.05, 3.63) is 54.1 Å². The van der Waals surface area contributed by atoms with E-state index in [0.717, 1.165) is 16.2 Å². The summed E-state index contributed by atoms with van der Waals surface area (Å²) in [6, 6.07) is 13.1. The number of rotatable bonds is 7. The molecule has 2 amide bonds. The highest BCUT2D eigenvalue weighted by molar-refractivity contribution is 7.89. The zero-order valence-electron chi connectivity index (χ0n) is 14.8. The molecular formula is C19H20N2O5S. The van der Waals surface area contributed by atoms with Crippen LogP contribution in [0.3, 0.4) is 0 Å². The number of nitrogens with zero attached hydrogens (tertiary/aromatic N) is 1. The Kier molecular flexibility index (Phi) is 5.57. The van der Waals surface area contributed by atoms with E-state index < -0.39 is 10.0 Å². The van der Waals surface area contributed by atoms with Gasteiger partial charge in [0.15, 0.2) is 0 Å². The number of benzene rings is 2. The molecule has 2 aromatic carbocycles. The first-order valence-corrected chi connectivity index (χ1v) is 9.97. The smallest absolute Gasteiger partial charge is 0.240 e. The normalized spacial score (nSPS) is 14.6. The van der Waals surface area contributed by atoms with E-state index in [1.165, 1.54) is 24.3 Å². The highest BCUT2D eigenvalue weighted by Gasteiger charge is 2.30. The second-order valence-electron chi connectivity index (χ2n) is 6.11. The summed E-state index contributed by atoms with van der Waals surface area (Å²) in [5.74, 6) is 0.204. The lowest BCUT2D eigenvalue weighted by molar-refractivity contribution is -0.121. The quantitative estimate of drug-likeness (QED) is 0.731. The molecule has 1 heterocycles. The number of anilines is 1. The number of hydrogen-bond donors (Lipinski definition) is 1. The van der Waals surface area contributed by atoms with Gasteiger partial charge >= 0.3 is 0 Å². The first-order chi connectivity index (χ1) is 12.9.